The van der Waals surface area contributed by atoms with Gasteiger partial charge < -0.3 is 4.74 Å². The van der Waals surface area contributed by atoms with Gasteiger partial charge in [0.15, 0.2) is 11.0 Å². The second-order valence-electron chi connectivity index (χ2n) is 6.20. The van der Waals surface area contributed by atoms with Crippen LogP contribution in [0.25, 0.3) is 11.4 Å². The number of nitrogens with zero attached hydrogens (tertiary/aromatic N) is 4. The molecule has 0 bridgehead atoms. The van der Waals surface area contributed by atoms with E-state index in [4.69, 9.17) is 4.74 Å². The normalized spacial score (nSPS) is 13.0. The standard InChI is InChI=1S/C19H28N4O3S2/c1-6-12-27-19-21-20-18(23(19)15(4)14-26-5)16-10-9-11-17(13-16)28(24,25)22(7-2)8-3/h6,9-11,13,15H,1,7-8,12,14H2,2-5H3. The lowest BCUT2D eigenvalue weighted by atomic mass is 10.2. The average Bonchev–Trinajstić information content (AvgIpc) is 3.11. The molecule has 1 aromatic carbocycles. The average molecular weight is 425 g/mol. The van der Waals surface area contributed by atoms with Crippen molar-refractivity contribution in [1.29, 1.82) is 0 Å². The molecule has 0 aliphatic carbocycles. The van der Waals surface area contributed by atoms with Gasteiger partial charge in [0.1, 0.15) is 0 Å². The largest absolute Gasteiger partial charge is 0.383 e. The molecule has 7 nitrogen and oxygen atoms in total. The maximum Gasteiger partial charge on any atom is 0.243 e. The van der Waals surface area contributed by atoms with E-state index in [-0.39, 0.29) is 10.9 Å². The first-order valence-corrected chi connectivity index (χ1v) is 11.6. The summed E-state index contributed by atoms with van der Waals surface area (Å²) in [5.74, 6) is 1.32. The maximum atomic E-state index is 12.9. The van der Waals surface area contributed by atoms with Gasteiger partial charge in [-0.05, 0) is 19.1 Å². The summed E-state index contributed by atoms with van der Waals surface area (Å²) in [6, 6.07) is 6.86. The second-order valence-corrected chi connectivity index (χ2v) is 9.12. The Balaban J connectivity index is 2.53. The SMILES string of the molecule is C=CCSc1nnc(-c2cccc(S(=O)(=O)N(CC)CC)c2)n1C(C)COC. The van der Waals surface area contributed by atoms with Gasteiger partial charge in [0.25, 0.3) is 0 Å². The van der Waals surface area contributed by atoms with E-state index in [2.05, 4.69) is 16.8 Å². The molecule has 1 aromatic heterocycles. The van der Waals surface area contributed by atoms with Crippen molar-refractivity contribution in [3.05, 3.63) is 36.9 Å². The molecule has 0 spiro atoms. The topological polar surface area (TPSA) is 77.3 Å². The second kappa shape index (κ2) is 10.2. The van der Waals surface area contributed by atoms with Crippen LogP contribution in [-0.2, 0) is 14.8 Å². The van der Waals surface area contributed by atoms with Crippen molar-refractivity contribution in [3.63, 3.8) is 0 Å². The van der Waals surface area contributed by atoms with E-state index in [1.165, 1.54) is 16.1 Å². The number of sulfonamides is 1. The van der Waals surface area contributed by atoms with Crippen LogP contribution in [0.3, 0.4) is 0 Å². The molecular weight excluding hydrogens is 396 g/mol. The number of hydrogen-bond acceptors (Lipinski definition) is 6. The van der Waals surface area contributed by atoms with Crippen LogP contribution in [0.2, 0.25) is 0 Å². The van der Waals surface area contributed by atoms with Gasteiger partial charge in [-0.2, -0.15) is 4.31 Å². The third-order valence-corrected chi connectivity index (χ3v) is 7.26. The van der Waals surface area contributed by atoms with Gasteiger partial charge in [0, 0.05) is 31.5 Å². The Morgan fingerprint density at radius 3 is 2.64 bits per heavy atom. The van der Waals surface area contributed by atoms with Gasteiger partial charge in [-0.15, -0.1) is 16.8 Å². The highest BCUT2D eigenvalue weighted by atomic mass is 32.2. The number of rotatable bonds is 11. The lowest BCUT2D eigenvalue weighted by molar-refractivity contribution is 0.159. The lowest BCUT2D eigenvalue weighted by Gasteiger charge is -2.19. The fourth-order valence-corrected chi connectivity index (χ4v) is 5.20. The molecule has 2 aromatic rings. The predicted octanol–water partition coefficient (Wildman–Crippen LogP) is 3.46. The van der Waals surface area contributed by atoms with Crippen LogP contribution in [0.1, 0.15) is 26.8 Å². The molecule has 0 saturated heterocycles. The van der Waals surface area contributed by atoms with Gasteiger partial charge >= 0.3 is 0 Å². The van der Waals surface area contributed by atoms with E-state index in [0.717, 1.165) is 5.16 Å². The molecule has 0 fully saturated rings. The molecule has 0 aliphatic heterocycles. The van der Waals surface area contributed by atoms with Crippen molar-refractivity contribution in [2.45, 2.75) is 36.9 Å². The van der Waals surface area contributed by atoms with Gasteiger partial charge in [0.2, 0.25) is 10.0 Å². The minimum absolute atomic E-state index is 0.00893. The molecule has 1 heterocycles. The Bertz CT molecular complexity index is 892. The molecule has 0 N–H and O–H groups in total. The van der Waals surface area contributed by atoms with Crippen molar-refractivity contribution in [2.24, 2.45) is 0 Å². The van der Waals surface area contributed by atoms with Gasteiger partial charge in [-0.3, -0.25) is 4.57 Å². The fraction of sp³-hybridized carbons (Fsp3) is 0.474. The van der Waals surface area contributed by atoms with Gasteiger partial charge in [-0.25, -0.2) is 8.42 Å². The van der Waals surface area contributed by atoms with Crippen molar-refractivity contribution in [3.8, 4) is 11.4 Å². The number of ether oxygens (including phenoxy) is 1. The van der Waals surface area contributed by atoms with Crippen molar-refractivity contribution < 1.29 is 13.2 Å². The third kappa shape index (κ3) is 4.83. The molecule has 0 saturated carbocycles. The summed E-state index contributed by atoms with van der Waals surface area (Å²) in [6.45, 7) is 10.8. The summed E-state index contributed by atoms with van der Waals surface area (Å²) in [7, 11) is -1.90. The number of aromatic nitrogens is 3. The van der Waals surface area contributed by atoms with E-state index in [1.807, 2.05) is 37.5 Å². The van der Waals surface area contributed by atoms with Crippen molar-refractivity contribution in [1.82, 2.24) is 19.1 Å². The molecular formula is C19H28N4O3S2. The number of benzene rings is 1. The highest BCUT2D eigenvalue weighted by Crippen LogP contribution is 2.29. The third-order valence-electron chi connectivity index (χ3n) is 4.28. The summed E-state index contributed by atoms with van der Waals surface area (Å²) < 4.78 is 34.5. The summed E-state index contributed by atoms with van der Waals surface area (Å²) in [6.07, 6.45) is 1.81. The zero-order valence-electron chi connectivity index (χ0n) is 16.8. The summed E-state index contributed by atoms with van der Waals surface area (Å²) in [5.41, 5.74) is 0.703. The highest BCUT2D eigenvalue weighted by Gasteiger charge is 2.24. The first-order valence-electron chi connectivity index (χ1n) is 9.18. The maximum absolute atomic E-state index is 12.9. The predicted molar refractivity (Wildman–Crippen MR) is 113 cm³/mol. The Kier molecular flexibility index (Phi) is 8.23. The van der Waals surface area contributed by atoms with E-state index in [0.29, 0.717) is 36.8 Å². The van der Waals surface area contributed by atoms with E-state index in [1.54, 1.807) is 25.3 Å². The number of methoxy groups -OCH3 is 1. The molecule has 2 rings (SSSR count). The highest BCUT2D eigenvalue weighted by molar-refractivity contribution is 7.99. The van der Waals surface area contributed by atoms with Crippen LogP contribution in [0.4, 0.5) is 0 Å². The Morgan fingerprint density at radius 1 is 1.32 bits per heavy atom. The van der Waals surface area contributed by atoms with Gasteiger partial charge in [0.05, 0.1) is 17.5 Å². The Hall–Kier alpha value is -1.68. The van der Waals surface area contributed by atoms with Crippen LogP contribution >= 0.6 is 11.8 Å². The van der Waals surface area contributed by atoms with Crippen LogP contribution < -0.4 is 0 Å². The summed E-state index contributed by atoms with van der Waals surface area (Å²) in [5, 5.41) is 9.40. The van der Waals surface area contributed by atoms with E-state index in [9.17, 15) is 8.42 Å². The first-order chi connectivity index (χ1) is 13.4. The number of hydrogen-bond donors (Lipinski definition) is 0. The monoisotopic (exact) mass is 424 g/mol. The number of thioether (sulfide) groups is 1. The van der Waals surface area contributed by atoms with E-state index < -0.39 is 10.0 Å². The quantitative estimate of drug-likeness (QED) is 0.406. The molecule has 0 radical (unpaired) electrons. The first kappa shape index (κ1) is 22.6. The molecule has 0 amide bonds. The van der Waals surface area contributed by atoms with Crippen LogP contribution in [0.15, 0.2) is 47.0 Å². The summed E-state index contributed by atoms with van der Waals surface area (Å²) >= 11 is 1.53. The minimum atomic E-state index is -3.55. The zero-order valence-corrected chi connectivity index (χ0v) is 18.5. The van der Waals surface area contributed by atoms with Crippen molar-refractivity contribution >= 4 is 21.8 Å². The molecule has 28 heavy (non-hydrogen) atoms. The molecule has 0 aliphatic rings. The lowest BCUT2D eigenvalue weighted by Crippen LogP contribution is -2.30. The molecule has 154 valence electrons. The van der Waals surface area contributed by atoms with Crippen LogP contribution in [-0.4, -0.2) is 60.0 Å². The molecule has 1 atom stereocenters. The van der Waals surface area contributed by atoms with E-state index >= 15 is 0 Å². The van der Waals surface area contributed by atoms with Crippen LogP contribution in [0, 0.1) is 0 Å². The zero-order chi connectivity index (χ0) is 20.7. The van der Waals surface area contributed by atoms with Crippen LogP contribution in [0.5, 0.6) is 0 Å². The summed E-state index contributed by atoms with van der Waals surface area (Å²) in [4.78, 5) is 0.253. The fourth-order valence-electron chi connectivity index (χ4n) is 2.93. The van der Waals surface area contributed by atoms with Gasteiger partial charge in [-0.1, -0.05) is 43.8 Å². The Labute approximate surface area is 171 Å². The molecule has 1 unspecified atom stereocenters. The Morgan fingerprint density at radius 2 is 2.04 bits per heavy atom. The molecule has 9 heteroatoms. The van der Waals surface area contributed by atoms with Crippen molar-refractivity contribution in [2.75, 3.05) is 32.6 Å². The smallest absolute Gasteiger partial charge is 0.243 e. The minimum Gasteiger partial charge on any atom is -0.383 e.